The molecule has 0 radical (unpaired) electrons. The molecule has 3 rings (SSSR count). The Morgan fingerprint density at radius 1 is 1.35 bits per heavy atom. The number of aliphatic hydroxyl groups is 1. The van der Waals surface area contributed by atoms with Crippen LogP contribution in [0.3, 0.4) is 0 Å². The second-order valence-electron chi connectivity index (χ2n) is 6.76. The summed E-state index contributed by atoms with van der Waals surface area (Å²) in [6.45, 7) is 1.83. The molecule has 1 fully saturated rings. The van der Waals surface area contributed by atoms with Crippen molar-refractivity contribution in [3.8, 4) is 0 Å². The molecule has 0 aromatic heterocycles. The normalized spacial score (nSPS) is 27.7. The first-order valence-electron chi connectivity index (χ1n) is 8.79. The number of allylic oxidation sites excluding steroid dienone is 1. The summed E-state index contributed by atoms with van der Waals surface area (Å²) in [6.07, 6.45) is 3.27. The quantitative estimate of drug-likeness (QED) is 0.374. The third kappa shape index (κ3) is 2.98. The van der Waals surface area contributed by atoms with Gasteiger partial charge in [-0.25, -0.2) is 4.79 Å². The lowest BCUT2D eigenvalue weighted by molar-refractivity contribution is -0.384. The van der Waals surface area contributed by atoms with Gasteiger partial charge in [0, 0.05) is 29.9 Å². The van der Waals surface area contributed by atoms with Crippen LogP contribution in [0.5, 0.6) is 0 Å². The average molecular weight is 359 g/mol. The van der Waals surface area contributed by atoms with Gasteiger partial charge in [-0.05, 0) is 31.2 Å². The van der Waals surface area contributed by atoms with E-state index in [-0.39, 0.29) is 35.5 Å². The van der Waals surface area contributed by atoms with Gasteiger partial charge in [0.15, 0.2) is 0 Å². The van der Waals surface area contributed by atoms with E-state index in [2.05, 4.69) is 0 Å². The number of carbonyl (C=O) groups excluding carboxylic acids is 2. The predicted octanol–water partition coefficient (Wildman–Crippen LogP) is 3.30. The number of nitrogens with zero attached hydrogens (tertiary/aromatic N) is 1. The van der Waals surface area contributed by atoms with Gasteiger partial charge in [-0.15, -0.1) is 0 Å². The topological polar surface area (TPSA) is 107 Å². The number of ether oxygens (including phenoxy) is 1. The minimum atomic E-state index is -0.660. The first-order valence-corrected chi connectivity index (χ1v) is 8.79. The summed E-state index contributed by atoms with van der Waals surface area (Å²) in [5.74, 6) is -2.01. The molecule has 1 aromatic rings. The first kappa shape index (κ1) is 18.1. The Labute approximate surface area is 150 Å². The summed E-state index contributed by atoms with van der Waals surface area (Å²) in [7, 11) is 0. The number of fused-ring (bicyclic) bond motifs is 1. The Morgan fingerprint density at radius 2 is 2.04 bits per heavy atom. The van der Waals surface area contributed by atoms with Crippen LogP contribution >= 0.6 is 0 Å². The number of rotatable bonds is 5. The Kier molecular flexibility index (Phi) is 5.06. The van der Waals surface area contributed by atoms with Gasteiger partial charge in [-0.1, -0.05) is 18.6 Å². The van der Waals surface area contributed by atoms with Crippen molar-refractivity contribution in [2.45, 2.75) is 32.1 Å². The number of non-ortho nitro benzene ring substituents is 1. The smallest absolute Gasteiger partial charge is 0.338 e. The second-order valence-corrected chi connectivity index (χ2v) is 6.76. The van der Waals surface area contributed by atoms with Crippen molar-refractivity contribution in [1.82, 2.24) is 0 Å². The fourth-order valence-electron chi connectivity index (χ4n) is 4.40. The maximum atomic E-state index is 12.6. The van der Waals surface area contributed by atoms with Gasteiger partial charge < -0.3 is 14.6 Å². The molecule has 7 heteroatoms. The molecule has 2 aliphatic carbocycles. The number of nitro groups is 1. The Balaban J connectivity index is 2.11. The second kappa shape index (κ2) is 7.27. The van der Waals surface area contributed by atoms with Crippen molar-refractivity contribution in [2.24, 2.45) is 17.8 Å². The molecule has 1 N–H and O–H groups in total. The lowest BCUT2D eigenvalue weighted by atomic mass is 9.65. The third-order valence-electron chi connectivity index (χ3n) is 5.50. The van der Waals surface area contributed by atoms with E-state index in [1.54, 1.807) is 19.1 Å². The number of aldehydes is 1. The predicted molar refractivity (Wildman–Crippen MR) is 92.5 cm³/mol. The van der Waals surface area contributed by atoms with Crippen LogP contribution < -0.4 is 0 Å². The van der Waals surface area contributed by atoms with E-state index in [1.807, 2.05) is 0 Å². The SMILES string of the molecule is CCOC(=O)C1=C(O)[C@H]2CCC[C@H]2[C@H](C=O)[C@H]1c1ccc([N+](=O)[O-])cc1. The highest BCUT2D eigenvalue weighted by Crippen LogP contribution is 2.52. The molecular formula is C19H21NO6. The maximum absolute atomic E-state index is 12.6. The first-order chi connectivity index (χ1) is 12.5. The Hall–Kier alpha value is -2.70. The number of aliphatic hydroxyl groups excluding tert-OH is 1. The molecule has 0 unspecified atom stereocenters. The minimum Gasteiger partial charge on any atom is -0.511 e. The molecular weight excluding hydrogens is 338 g/mol. The van der Waals surface area contributed by atoms with Crippen molar-refractivity contribution in [3.05, 3.63) is 51.3 Å². The molecule has 4 atom stereocenters. The van der Waals surface area contributed by atoms with Crippen molar-refractivity contribution in [2.75, 3.05) is 6.61 Å². The monoisotopic (exact) mass is 359 g/mol. The zero-order chi connectivity index (χ0) is 18.8. The Morgan fingerprint density at radius 3 is 2.62 bits per heavy atom. The van der Waals surface area contributed by atoms with Crippen LogP contribution in [0.25, 0.3) is 0 Å². The largest absolute Gasteiger partial charge is 0.511 e. The molecule has 0 aliphatic heterocycles. The molecule has 0 amide bonds. The number of hydrogen-bond donors (Lipinski definition) is 1. The molecule has 0 spiro atoms. The van der Waals surface area contributed by atoms with Gasteiger partial charge in [0.05, 0.1) is 17.1 Å². The van der Waals surface area contributed by atoms with Gasteiger partial charge >= 0.3 is 5.97 Å². The fraction of sp³-hybridized carbons (Fsp3) is 0.474. The van der Waals surface area contributed by atoms with Crippen molar-refractivity contribution in [1.29, 1.82) is 0 Å². The minimum absolute atomic E-state index is 0.00685. The summed E-state index contributed by atoms with van der Waals surface area (Å²) in [6, 6.07) is 5.78. The van der Waals surface area contributed by atoms with Crippen LogP contribution in [-0.4, -0.2) is 28.9 Å². The highest BCUT2D eigenvalue weighted by Gasteiger charge is 2.49. The van der Waals surface area contributed by atoms with Crippen molar-refractivity contribution in [3.63, 3.8) is 0 Å². The van der Waals surface area contributed by atoms with Crippen molar-refractivity contribution >= 4 is 17.9 Å². The molecule has 7 nitrogen and oxygen atoms in total. The molecule has 138 valence electrons. The maximum Gasteiger partial charge on any atom is 0.338 e. The van der Waals surface area contributed by atoms with E-state index in [1.165, 1.54) is 12.1 Å². The van der Waals surface area contributed by atoms with Gasteiger partial charge in [-0.2, -0.15) is 0 Å². The number of hydrogen-bond acceptors (Lipinski definition) is 6. The molecule has 2 aliphatic rings. The zero-order valence-corrected chi connectivity index (χ0v) is 14.5. The molecule has 0 heterocycles. The van der Waals surface area contributed by atoms with E-state index in [0.29, 0.717) is 5.56 Å². The van der Waals surface area contributed by atoms with Crippen LogP contribution in [0.4, 0.5) is 5.69 Å². The number of nitro benzene ring substituents is 1. The highest BCUT2D eigenvalue weighted by atomic mass is 16.6. The van der Waals surface area contributed by atoms with E-state index in [0.717, 1.165) is 25.5 Å². The van der Waals surface area contributed by atoms with E-state index in [9.17, 15) is 24.8 Å². The van der Waals surface area contributed by atoms with Gasteiger partial charge in [-0.3, -0.25) is 10.1 Å². The molecule has 1 saturated carbocycles. The van der Waals surface area contributed by atoms with Crippen LogP contribution in [0.1, 0.15) is 37.7 Å². The fourth-order valence-corrected chi connectivity index (χ4v) is 4.40. The summed E-state index contributed by atoms with van der Waals surface area (Å²) >= 11 is 0. The molecule has 1 aromatic carbocycles. The standard InChI is InChI=1S/C19H21NO6/c1-2-26-19(23)17-16(11-6-8-12(9-7-11)20(24)25)15(10-21)13-4-3-5-14(13)18(17)22/h6-10,13-16,22H,2-5H2,1H3/t13-,14+,15+,16-/m1/s1. The summed E-state index contributed by atoms with van der Waals surface area (Å²) in [4.78, 5) is 34.9. The van der Waals surface area contributed by atoms with Crippen molar-refractivity contribution < 1.29 is 24.4 Å². The lowest BCUT2D eigenvalue weighted by Gasteiger charge is -2.38. The summed E-state index contributed by atoms with van der Waals surface area (Å²) in [5.41, 5.74) is 0.630. The highest BCUT2D eigenvalue weighted by molar-refractivity contribution is 5.92. The summed E-state index contributed by atoms with van der Waals surface area (Å²) < 4.78 is 5.13. The van der Waals surface area contributed by atoms with Gasteiger partial charge in [0.2, 0.25) is 0 Å². The van der Waals surface area contributed by atoms with Crippen LogP contribution in [0, 0.1) is 27.9 Å². The number of esters is 1. The zero-order valence-electron chi connectivity index (χ0n) is 14.5. The number of carbonyl (C=O) groups is 2. The molecule has 26 heavy (non-hydrogen) atoms. The van der Waals surface area contributed by atoms with Gasteiger partial charge in [0.1, 0.15) is 12.0 Å². The van der Waals surface area contributed by atoms with E-state index in [4.69, 9.17) is 4.74 Å². The Bertz CT molecular complexity index is 754. The molecule has 0 saturated heterocycles. The average Bonchev–Trinajstić information content (AvgIpc) is 3.11. The van der Waals surface area contributed by atoms with Crippen LogP contribution in [0.2, 0.25) is 0 Å². The van der Waals surface area contributed by atoms with Gasteiger partial charge in [0.25, 0.3) is 5.69 Å². The summed E-state index contributed by atoms with van der Waals surface area (Å²) in [5, 5.41) is 21.7. The molecule has 0 bridgehead atoms. The van der Waals surface area contributed by atoms with E-state index >= 15 is 0 Å². The lowest BCUT2D eigenvalue weighted by Crippen LogP contribution is -2.37. The van der Waals surface area contributed by atoms with E-state index < -0.39 is 22.7 Å². The third-order valence-corrected chi connectivity index (χ3v) is 5.50. The van der Waals surface area contributed by atoms with Crippen LogP contribution in [0.15, 0.2) is 35.6 Å². The van der Waals surface area contributed by atoms with Crippen LogP contribution in [-0.2, 0) is 14.3 Å². The number of benzene rings is 1.